The molecule has 5 aliphatic rings. The Morgan fingerprint density at radius 3 is 2.23 bits per heavy atom. The maximum Gasteiger partial charge on any atom is 0.245 e. The first-order chi connectivity index (χ1) is 21.9. The summed E-state index contributed by atoms with van der Waals surface area (Å²) in [6, 6.07) is 12.0. The van der Waals surface area contributed by atoms with Gasteiger partial charge in [0.15, 0.2) is 11.6 Å². The summed E-state index contributed by atoms with van der Waals surface area (Å²) >= 11 is 0. The molecule has 0 aliphatic heterocycles. The summed E-state index contributed by atoms with van der Waals surface area (Å²) in [6.07, 6.45) is 11.0. The topological polar surface area (TPSA) is 111 Å². The molecule has 0 spiro atoms. The van der Waals surface area contributed by atoms with Crippen molar-refractivity contribution in [3.05, 3.63) is 64.8 Å². The van der Waals surface area contributed by atoms with Gasteiger partial charge in [-0.25, -0.2) is 0 Å². The fourth-order valence-corrected chi connectivity index (χ4v) is 11.2. The van der Waals surface area contributed by atoms with Crippen LogP contribution in [-0.4, -0.2) is 23.0 Å². The Bertz CT molecular complexity index is 1750. The number of amides is 1. The molecule has 0 heterocycles. The lowest BCUT2D eigenvalue weighted by atomic mass is 9.35. The van der Waals surface area contributed by atoms with Gasteiger partial charge in [-0.3, -0.25) is 14.4 Å². The minimum atomic E-state index is -0.703. The van der Waals surface area contributed by atoms with Gasteiger partial charge in [-0.15, -0.1) is 0 Å². The van der Waals surface area contributed by atoms with Crippen LogP contribution in [0, 0.1) is 74.4 Å². The van der Waals surface area contributed by atoms with E-state index >= 15 is 0 Å². The van der Waals surface area contributed by atoms with Gasteiger partial charge in [-0.05, 0) is 91.6 Å². The molecule has 1 N–H and O–H groups in total. The number of ketones is 2. The van der Waals surface area contributed by atoms with Crippen LogP contribution in [0.1, 0.15) is 105 Å². The molecule has 1 unspecified atom stereocenters. The van der Waals surface area contributed by atoms with Crippen LogP contribution in [0.4, 0.5) is 0 Å². The lowest BCUT2D eigenvalue weighted by Gasteiger charge is -2.69. The lowest BCUT2D eigenvalue weighted by molar-refractivity contribution is -0.163. The van der Waals surface area contributed by atoms with E-state index in [0.29, 0.717) is 11.1 Å². The van der Waals surface area contributed by atoms with Gasteiger partial charge in [0, 0.05) is 28.4 Å². The van der Waals surface area contributed by atoms with E-state index in [1.165, 1.54) is 6.08 Å². The van der Waals surface area contributed by atoms with Gasteiger partial charge in [0.2, 0.25) is 5.91 Å². The fourth-order valence-electron chi connectivity index (χ4n) is 11.2. The van der Waals surface area contributed by atoms with Gasteiger partial charge in [0.25, 0.3) is 0 Å². The zero-order chi connectivity index (χ0) is 34.4. The van der Waals surface area contributed by atoms with Crippen molar-refractivity contribution in [1.82, 2.24) is 5.32 Å². The maximum atomic E-state index is 14.8. The highest BCUT2D eigenvalue weighted by Gasteiger charge is 2.70. The number of hydrogen-bond acceptors (Lipinski definition) is 5. The highest BCUT2D eigenvalue weighted by molar-refractivity contribution is 6.05. The van der Waals surface area contributed by atoms with Crippen molar-refractivity contribution < 1.29 is 14.4 Å². The van der Waals surface area contributed by atoms with Crippen molar-refractivity contribution in [2.45, 2.75) is 106 Å². The first-order valence-corrected chi connectivity index (χ1v) is 17.3. The Morgan fingerprint density at radius 1 is 0.936 bits per heavy atom. The molecule has 6 rings (SSSR count). The molecule has 5 aliphatic carbocycles. The second-order valence-electron chi connectivity index (χ2n) is 17.4. The van der Waals surface area contributed by atoms with Gasteiger partial charge in [-0.2, -0.15) is 10.5 Å². The predicted octanol–water partition coefficient (Wildman–Crippen LogP) is 7.99. The third-order valence-electron chi connectivity index (χ3n) is 14.0. The zero-order valence-corrected chi connectivity index (χ0v) is 29.3. The molecule has 47 heavy (non-hydrogen) atoms. The van der Waals surface area contributed by atoms with Crippen molar-refractivity contribution in [3.8, 4) is 12.1 Å². The van der Waals surface area contributed by atoms with Crippen LogP contribution in [0.3, 0.4) is 0 Å². The quantitative estimate of drug-likeness (QED) is 0.269. The number of rotatable bonds is 3. The molecule has 0 radical (unpaired) electrons. The number of nitrogens with zero attached hydrogens (tertiary/aromatic N) is 2. The third kappa shape index (κ3) is 4.73. The zero-order valence-electron chi connectivity index (χ0n) is 29.3. The van der Waals surface area contributed by atoms with Crippen LogP contribution in [0.15, 0.2) is 53.6 Å². The van der Waals surface area contributed by atoms with Gasteiger partial charge in [0.1, 0.15) is 6.07 Å². The second kappa shape index (κ2) is 10.6. The number of nitrogens with one attached hydrogen (secondary N) is 1. The monoisotopic (exact) mass is 631 g/mol. The molecule has 1 aromatic carbocycles. The van der Waals surface area contributed by atoms with E-state index in [1.807, 2.05) is 57.2 Å². The summed E-state index contributed by atoms with van der Waals surface area (Å²) < 4.78 is 0. The molecule has 7 atom stereocenters. The summed E-state index contributed by atoms with van der Waals surface area (Å²) in [5, 5.41) is 23.4. The van der Waals surface area contributed by atoms with E-state index in [1.54, 1.807) is 0 Å². The molecule has 6 heteroatoms. The average Bonchev–Trinajstić information content (AvgIpc) is 3.00. The number of Topliss-reactive ketones (excluding diaryl/α,β-unsaturated/α-hetero) is 1. The molecule has 246 valence electrons. The molecule has 3 fully saturated rings. The molecule has 1 aromatic rings. The summed E-state index contributed by atoms with van der Waals surface area (Å²) in [7, 11) is 0. The predicted molar refractivity (Wildman–Crippen MR) is 182 cm³/mol. The van der Waals surface area contributed by atoms with Crippen LogP contribution in [0.25, 0.3) is 5.57 Å². The number of hydrogen-bond donors (Lipinski definition) is 1. The average molecular weight is 632 g/mol. The van der Waals surface area contributed by atoms with E-state index in [9.17, 15) is 24.9 Å². The number of benzene rings is 1. The first-order valence-electron chi connectivity index (χ1n) is 17.3. The number of carbonyl (C=O) groups is 3. The fraction of sp³-hybridized carbons (Fsp3) is 0.585. The van der Waals surface area contributed by atoms with Crippen molar-refractivity contribution in [3.63, 3.8) is 0 Å². The van der Waals surface area contributed by atoms with Gasteiger partial charge in [-0.1, -0.05) is 89.9 Å². The molecular weight excluding hydrogens is 582 g/mol. The molecule has 0 aromatic heterocycles. The van der Waals surface area contributed by atoms with E-state index in [-0.39, 0.29) is 57.0 Å². The smallest absolute Gasteiger partial charge is 0.245 e. The minimum absolute atomic E-state index is 0.00268. The Kier molecular flexibility index (Phi) is 7.49. The molecule has 0 bridgehead atoms. The minimum Gasteiger partial charge on any atom is -0.347 e. The van der Waals surface area contributed by atoms with E-state index in [2.05, 4.69) is 52.1 Å². The standard InChI is InChI=1S/C41H49N3O3/c1-25-9-11-26(12-10-25)27(23-42)19-33(46)44-41-17-15-36(2,3)22-29(41)34-30(45)20-32-38(6)21-28(24-43)35(47)37(4,5)31(38)13-14-39(32,7)40(34,8)16-18-41/h9-12,19-21,29,31,34H,13-18,22H2,1-8H3,(H,44,46)/b27-19+/t29-,31?,34-,38-,39+,40+,41-/m0/s1. The summed E-state index contributed by atoms with van der Waals surface area (Å²) in [6.45, 7) is 17.2. The molecule has 6 nitrogen and oxygen atoms in total. The highest BCUT2D eigenvalue weighted by atomic mass is 16.2. The van der Waals surface area contributed by atoms with Gasteiger partial charge >= 0.3 is 0 Å². The maximum absolute atomic E-state index is 14.8. The molecule has 0 saturated heterocycles. The third-order valence-corrected chi connectivity index (χ3v) is 14.0. The Morgan fingerprint density at radius 2 is 1.60 bits per heavy atom. The summed E-state index contributed by atoms with van der Waals surface area (Å²) in [4.78, 5) is 41.9. The van der Waals surface area contributed by atoms with Crippen molar-refractivity contribution in [1.29, 1.82) is 10.5 Å². The molecule has 3 saturated carbocycles. The number of allylic oxidation sites excluding steroid dienone is 5. The van der Waals surface area contributed by atoms with Crippen LogP contribution in [-0.2, 0) is 14.4 Å². The normalized spacial score (nSPS) is 38.6. The Labute approximate surface area is 280 Å². The van der Waals surface area contributed by atoms with E-state index in [0.717, 1.165) is 56.1 Å². The van der Waals surface area contributed by atoms with Crippen LogP contribution in [0.2, 0.25) is 0 Å². The molecular formula is C41H49N3O3. The largest absolute Gasteiger partial charge is 0.347 e. The van der Waals surface area contributed by atoms with Crippen LogP contribution < -0.4 is 5.32 Å². The Balaban J connectivity index is 1.42. The number of carbonyl (C=O) groups excluding carboxylic acids is 3. The summed E-state index contributed by atoms with van der Waals surface area (Å²) in [5.41, 5.74) is 0.891. The van der Waals surface area contributed by atoms with Crippen molar-refractivity contribution in [2.24, 2.45) is 44.8 Å². The van der Waals surface area contributed by atoms with E-state index < -0.39 is 16.4 Å². The van der Waals surface area contributed by atoms with Crippen molar-refractivity contribution >= 4 is 23.0 Å². The Hall–Kier alpha value is -3.77. The summed E-state index contributed by atoms with van der Waals surface area (Å²) in [5.74, 6) is -0.614. The SMILES string of the molecule is Cc1ccc(/C(C#N)=C/C(=O)N[C@]23CCC(C)(C)C[C@H]2[C@H]2C(=O)C=C4[C@@]5(C)C=C(C#N)C(=O)C(C)(C)C5CC[C@@]4(C)[C@]2(C)CC3)cc1. The highest BCUT2D eigenvalue weighted by Crippen LogP contribution is 2.73. The second-order valence-corrected chi connectivity index (χ2v) is 17.4. The van der Waals surface area contributed by atoms with Crippen LogP contribution >= 0.6 is 0 Å². The van der Waals surface area contributed by atoms with Gasteiger partial charge < -0.3 is 5.32 Å². The number of aryl methyl sites for hydroxylation is 1. The van der Waals surface area contributed by atoms with Crippen molar-refractivity contribution in [2.75, 3.05) is 0 Å². The lowest BCUT2D eigenvalue weighted by Crippen LogP contribution is -2.69. The van der Waals surface area contributed by atoms with Crippen LogP contribution in [0.5, 0.6) is 0 Å². The van der Waals surface area contributed by atoms with Gasteiger partial charge in [0.05, 0.1) is 17.2 Å². The van der Waals surface area contributed by atoms with E-state index in [4.69, 9.17) is 0 Å². The number of nitriles is 2. The molecule has 1 amide bonds. The first kappa shape index (κ1) is 33.1. The number of fused-ring (bicyclic) bond motifs is 7.